The van der Waals surface area contributed by atoms with Crippen LogP contribution in [0.15, 0.2) is 0 Å². The molecule has 1 N–H and O–H groups in total. The van der Waals surface area contributed by atoms with E-state index in [1.165, 1.54) is 69.4 Å². The average molecular weight is 227 g/mol. The molecular weight excluding hydrogens is 202 g/mol. The largest absolute Gasteiger partial charge is 0.313 e. The van der Waals surface area contributed by atoms with E-state index < -0.39 is 0 Å². The molecule has 0 aromatic rings. The fraction of sp³-hybridized carbons (Fsp3) is 1.00. The lowest BCUT2D eigenvalue weighted by Crippen LogP contribution is -2.34. The highest BCUT2D eigenvalue weighted by atomic mass is 32.2. The molecule has 0 bridgehead atoms. The SMILES string of the molecule is C1CCC(CCCNC2CCCSC2)C1. The molecule has 1 aliphatic heterocycles. The van der Waals surface area contributed by atoms with Gasteiger partial charge in [0, 0.05) is 11.8 Å². The van der Waals surface area contributed by atoms with Crippen molar-refractivity contribution in [1.82, 2.24) is 5.32 Å². The molecule has 1 aliphatic carbocycles. The Morgan fingerprint density at radius 1 is 1.07 bits per heavy atom. The zero-order valence-corrected chi connectivity index (χ0v) is 10.7. The van der Waals surface area contributed by atoms with Gasteiger partial charge < -0.3 is 5.32 Å². The fourth-order valence-corrected chi connectivity index (χ4v) is 4.00. The molecule has 2 fully saturated rings. The molecule has 2 aliphatic rings. The van der Waals surface area contributed by atoms with Gasteiger partial charge in [-0.25, -0.2) is 0 Å². The van der Waals surface area contributed by atoms with Crippen LogP contribution < -0.4 is 5.32 Å². The van der Waals surface area contributed by atoms with E-state index in [9.17, 15) is 0 Å². The Bertz CT molecular complexity index is 160. The van der Waals surface area contributed by atoms with Crippen LogP contribution in [0.25, 0.3) is 0 Å². The molecule has 1 saturated carbocycles. The molecule has 88 valence electrons. The molecule has 0 aromatic carbocycles. The van der Waals surface area contributed by atoms with E-state index in [1.807, 2.05) is 0 Å². The monoisotopic (exact) mass is 227 g/mol. The Morgan fingerprint density at radius 3 is 2.67 bits per heavy atom. The maximum Gasteiger partial charge on any atom is 0.0158 e. The van der Waals surface area contributed by atoms with Crippen molar-refractivity contribution in [2.45, 2.75) is 57.4 Å². The third kappa shape index (κ3) is 4.36. The van der Waals surface area contributed by atoms with Crippen LogP contribution in [0.2, 0.25) is 0 Å². The van der Waals surface area contributed by atoms with E-state index >= 15 is 0 Å². The van der Waals surface area contributed by atoms with Gasteiger partial charge in [0.2, 0.25) is 0 Å². The highest BCUT2D eigenvalue weighted by molar-refractivity contribution is 7.99. The van der Waals surface area contributed by atoms with Crippen LogP contribution >= 0.6 is 11.8 Å². The molecule has 0 amide bonds. The van der Waals surface area contributed by atoms with Crippen LogP contribution in [0, 0.1) is 5.92 Å². The van der Waals surface area contributed by atoms with Crippen molar-refractivity contribution in [1.29, 1.82) is 0 Å². The van der Waals surface area contributed by atoms with Gasteiger partial charge in [0.1, 0.15) is 0 Å². The van der Waals surface area contributed by atoms with Crippen molar-refractivity contribution in [3.05, 3.63) is 0 Å². The van der Waals surface area contributed by atoms with Crippen LogP contribution in [-0.2, 0) is 0 Å². The summed E-state index contributed by atoms with van der Waals surface area (Å²) in [6.45, 7) is 1.27. The summed E-state index contributed by atoms with van der Waals surface area (Å²) in [5, 5.41) is 3.72. The lowest BCUT2D eigenvalue weighted by atomic mass is 10.0. The summed E-state index contributed by atoms with van der Waals surface area (Å²) in [7, 11) is 0. The zero-order chi connectivity index (χ0) is 10.3. The van der Waals surface area contributed by atoms with Crippen LogP contribution in [0.3, 0.4) is 0 Å². The molecule has 0 spiro atoms. The van der Waals surface area contributed by atoms with Crippen molar-refractivity contribution in [3.8, 4) is 0 Å². The number of thioether (sulfide) groups is 1. The number of rotatable bonds is 5. The lowest BCUT2D eigenvalue weighted by Gasteiger charge is -2.22. The molecule has 1 atom stereocenters. The second-order valence-corrected chi connectivity index (χ2v) is 6.31. The minimum absolute atomic E-state index is 0.826. The summed E-state index contributed by atoms with van der Waals surface area (Å²) in [6.07, 6.45) is 11.7. The summed E-state index contributed by atoms with van der Waals surface area (Å²) < 4.78 is 0. The molecule has 1 unspecified atom stereocenters. The zero-order valence-electron chi connectivity index (χ0n) is 9.84. The minimum Gasteiger partial charge on any atom is -0.313 e. The normalized spacial score (nSPS) is 28.4. The van der Waals surface area contributed by atoms with E-state index in [0.717, 1.165) is 12.0 Å². The van der Waals surface area contributed by atoms with Crippen LogP contribution in [0.1, 0.15) is 51.4 Å². The molecule has 2 heteroatoms. The summed E-state index contributed by atoms with van der Waals surface area (Å²) in [5.74, 6) is 3.82. The molecular formula is C13H25NS. The van der Waals surface area contributed by atoms with E-state index in [2.05, 4.69) is 17.1 Å². The van der Waals surface area contributed by atoms with E-state index in [-0.39, 0.29) is 0 Å². The minimum atomic E-state index is 0.826. The number of hydrogen-bond donors (Lipinski definition) is 1. The average Bonchev–Trinajstić information content (AvgIpc) is 2.79. The van der Waals surface area contributed by atoms with Gasteiger partial charge in [0.15, 0.2) is 0 Å². The third-order valence-corrected chi connectivity index (χ3v) is 5.07. The van der Waals surface area contributed by atoms with Gasteiger partial charge in [-0.15, -0.1) is 0 Å². The molecule has 2 rings (SSSR count). The summed E-state index contributed by atoms with van der Waals surface area (Å²) in [4.78, 5) is 0. The van der Waals surface area contributed by atoms with Gasteiger partial charge >= 0.3 is 0 Å². The Balaban J connectivity index is 1.47. The molecule has 1 saturated heterocycles. The van der Waals surface area contributed by atoms with E-state index in [0.29, 0.717) is 0 Å². The smallest absolute Gasteiger partial charge is 0.0158 e. The standard InChI is InChI=1S/C13H25NS/c1-2-6-12(5-1)7-3-9-14-13-8-4-10-15-11-13/h12-14H,1-11H2. The number of nitrogens with one attached hydrogen (secondary N) is 1. The first-order valence-electron chi connectivity index (χ1n) is 6.76. The Morgan fingerprint density at radius 2 is 1.93 bits per heavy atom. The Labute approximate surface area is 98.8 Å². The predicted octanol–water partition coefficient (Wildman–Crippen LogP) is 3.44. The summed E-state index contributed by atoms with van der Waals surface area (Å²) in [5.41, 5.74) is 0. The number of hydrogen-bond acceptors (Lipinski definition) is 2. The Hall–Kier alpha value is 0.310. The van der Waals surface area contributed by atoms with Crippen LogP contribution in [0.5, 0.6) is 0 Å². The van der Waals surface area contributed by atoms with Gasteiger partial charge in [-0.05, 0) is 43.9 Å². The molecule has 1 heterocycles. The van der Waals surface area contributed by atoms with Crippen molar-refractivity contribution < 1.29 is 0 Å². The quantitative estimate of drug-likeness (QED) is 0.722. The highest BCUT2D eigenvalue weighted by Crippen LogP contribution is 2.28. The lowest BCUT2D eigenvalue weighted by molar-refractivity contribution is 0.443. The van der Waals surface area contributed by atoms with Gasteiger partial charge in [-0.2, -0.15) is 11.8 Å². The van der Waals surface area contributed by atoms with Gasteiger partial charge in [0.25, 0.3) is 0 Å². The van der Waals surface area contributed by atoms with Crippen molar-refractivity contribution >= 4 is 11.8 Å². The third-order valence-electron chi connectivity index (χ3n) is 3.86. The molecule has 0 aromatic heterocycles. The van der Waals surface area contributed by atoms with Crippen molar-refractivity contribution in [3.63, 3.8) is 0 Å². The first kappa shape index (κ1) is 11.8. The molecule has 15 heavy (non-hydrogen) atoms. The van der Waals surface area contributed by atoms with E-state index in [4.69, 9.17) is 0 Å². The maximum atomic E-state index is 3.72. The van der Waals surface area contributed by atoms with Crippen LogP contribution in [-0.4, -0.2) is 24.1 Å². The second-order valence-electron chi connectivity index (χ2n) is 5.16. The molecule has 0 radical (unpaired) electrons. The van der Waals surface area contributed by atoms with Crippen molar-refractivity contribution in [2.75, 3.05) is 18.1 Å². The van der Waals surface area contributed by atoms with E-state index in [1.54, 1.807) is 0 Å². The first-order chi connectivity index (χ1) is 7.45. The topological polar surface area (TPSA) is 12.0 Å². The summed E-state index contributed by atoms with van der Waals surface area (Å²) >= 11 is 2.12. The van der Waals surface area contributed by atoms with Crippen molar-refractivity contribution in [2.24, 2.45) is 5.92 Å². The van der Waals surface area contributed by atoms with Crippen LogP contribution in [0.4, 0.5) is 0 Å². The Kier molecular flexibility index (Phi) is 5.34. The predicted molar refractivity (Wildman–Crippen MR) is 69.5 cm³/mol. The first-order valence-corrected chi connectivity index (χ1v) is 7.92. The van der Waals surface area contributed by atoms with Gasteiger partial charge in [-0.3, -0.25) is 0 Å². The highest BCUT2D eigenvalue weighted by Gasteiger charge is 2.15. The molecule has 1 nitrogen and oxygen atoms in total. The van der Waals surface area contributed by atoms with Gasteiger partial charge in [-0.1, -0.05) is 25.7 Å². The van der Waals surface area contributed by atoms with Gasteiger partial charge in [0.05, 0.1) is 0 Å². The summed E-state index contributed by atoms with van der Waals surface area (Å²) in [6, 6.07) is 0.826. The second kappa shape index (κ2) is 6.80. The maximum absolute atomic E-state index is 3.72. The fourth-order valence-electron chi connectivity index (χ4n) is 2.90.